The molecule has 1 aliphatic rings. The molecule has 0 aromatic rings. The van der Waals surface area contributed by atoms with Gasteiger partial charge >= 0.3 is 0 Å². The second-order valence-corrected chi connectivity index (χ2v) is 3.92. The van der Waals surface area contributed by atoms with Gasteiger partial charge in [0.25, 0.3) is 0 Å². The van der Waals surface area contributed by atoms with E-state index in [-0.39, 0.29) is 7.43 Å². The van der Waals surface area contributed by atoms with Crippen LogP contribution in [0.2, 0.25) is 0 Å². The van der Waals surface area contributed by atoms with Crippen molar-refractivity contribution in [2.75, 3.05) is 0 Å². The van der Waals surface area contributed by atoms with Gasteiger partial charge in [-0.05, 0) is 30.6 Å². The zero-order valence-corrected chi connectivity index (χ0v) is 6.85. The molecule has 0 saturated heterocycles. The minimum atomic E-state index is 0. The lowest BCUT2D eigenvalue weighted by molar-refractivity contribution is 0.384. The molecule has 0 aromatic carbocycles. The Morgan fingerprint density at radius 2 is 1.80 bits per heavy atom. The molecule has 0 aromatic heterocycles. The predicted molar refractivity (Wildman–Crippen MR) is 48.1 cm³/mol. The summed E-state index contributed by atoms with van der Waals surface area (Å²) in [6, 6.07) is 0. The molecule has 1 fully saturated rings. The predicted octanol–water partition coefficient (Wildman–Crippen LogP) is 3.71. The SMILES string of the molecule is C.CC1CCC(C(C)C)C1. The highest BCUT2D eigenvalue weighted by Crippen LogP contribution is 2.34. The summed E-state index contributed by atoms with van der Waals surface area (Å²) in [7, 11) is 0. The Bertz CT molecular complexity index is 84.0. The molecule has 1 rings (SSSR count). The Balaban J connectivity index is 0.000000810. The minimum absolute atomic E-state index is 0. The third kappa shape index (κ3) is 2.32. The van der Waals surface area contributed by atoms with Crippen LogP contribution in [-0.4, -0.2) is 0 Å². The lowest BCUT2D eigenvalue weighted by Crippen LogP contribution is -2.02. The Kier molecular flexibility index (Phi) is 4.00. The first kappa shape index (κ1) is 10.0. The maximum absolute atomic E-state index is 2.38. The van der Waals surface area contributed by atoms with Crippen LogP contribution >= 0.6 is 0 Å². The van der Waals surface area contributed by atoms with Crippen LogP contribution in [0.25, 0.3) is 0 Å². The summed E-state index contributed by atoms with van der Waals surface area (Å²) >= 11 is 0. The Morgan fingerprint density at radius 3 is 2.00 bits per heavy atom. The summed E-state index contributed by atoms with van der Waals surface area (Å²) in [6.07, 6.45) is 4.44. The third-order valence-corrected chi connectivity index (χ3v) is 2.68. The van der Waals surface area contributed by atoms with Crippen molar-refractivity contribution >= 4 is 0 Å². The normalized spacial score (nSPS) is 32.4. The van der Waals surface area contributed by atoms with E-state index >= 15 is 0 Å². The molecule has 0 heterocycles. The first-order valence-corrected chi connectivity index (χ1v) is 4.20. The zero-order valence-electron chi connectivity index (χ0n) is 6.85. The summed E-state index contributed by atoms with van der Waals surface area (Å²) in [5, 5.41) is 0. The van der Waals surface area contributed by atoms with Gasteiger partial charge in [0.15, 0.2) is 0 Å². The largest absolute Gasteiger partial charge is 0.0776 e. The van der Waals surface area contributed by atoms with Crippen LogP contribution in [0, 0.1) is 17.8 Å². The molecular weight excluding hydrogens is 120 g/mol. The van der Waals surface area contributed by atoms with Crippen LogP contribution in [0.15, 0.2) is 0 Å². The summed E-state index contributed by atoms with van der Waals surface area (Å²) in [6.45, 7) is 7.08. The lowest BCUT2D eigenvalue weighted by atomic mass is 9.94. The van der Waals surface area contributed by atoms with Gasteiger partial charge in [0.2, 0.25) is 0 Å². The van der Waals surface area contributed by atoms with E-state index in [1.165, 1.54) is 19.3 Å². The lowest BCUT2D eigenvalue weighted by Gasteiger charge is -2.12. The molecule has 0 amide bonds. The summed E-state index contributed by atoms with van der Waals surface area (Å²) in [4.78, 5) is 0. The van der Waals surface area contributed by atoms with Crippen LogP contribution < -0.4 is 0 Å². The fraction of sp³-hybridized carbons (Fsp3) is 1.00. The van der Waals surface area contributed by atoms with E-state index in [9.17, 15) is 0 Å². The molecule has 1 aliphatic carbocycles. The van der Waals surface area contributed by atoms with E-state index in [1.807, 2.05) is 0 Å². The Morgan fingerprint density at radius 1 is 1.20 bits per heavy atom. The van der Waals surface area contributed by atoms with Crippen LogP contribution in [0.4, 0.5) is 0 Å². The smallest absolute Gasteiger partial charge is 0.0388 e. The maximum Gasteiger partial charge on any atom is -0.0388 e. The second kappa shape index (κ2) is 4.00. The van der Waals surface area contributed by atoms with Crippen LogP contribution in [-0.2, 0) is 0 Å². The summed E-state index contributed by atoms with van der Waals surface area (Å²) in [5.74, 6) is 2.98. The molecule has 2 atom stereocenters. The number of rotatable bonds is 1. The Labute approximate surface area is 66.0 Å². The molecular formula is C10H22. The van der Waals surface area contributed by atoms with Crippen molar-refractivity contribution in [2.24, 2.45) is 17.8 Å². The standard InChI is InChI=1S/C9H18.CH4/c1-7(2)9-5-4-8(3)6-9;/h7-9H,4-6H2,1-3H3;1H4. The van der Waals surface area contributed by atoms with Gasteiger partial charge < -0.3 is 0 Å². The van der Waals surface area contributed by atoms with Crippen molar-refractivity contribution in [3.05, 3.63) is 0 Å². The van der Waals surface area contributed by atoms with Crippen molar-refractivity contribution in [1.29, 1.82) is 0 Å². The van der Waals surface area contributed by atoms with Gasteiger partial charge in [-0.25, -0.2) is 0 Å². The summed E-state index contributed by atoms with van der Waals surface area (Å²) in [5.41, 5.74) is 0. The molecule has 0 radical (unpaired) electrons. The van der Waals surface area contributed by atoms with Gasteiger partial charge in [0.1, 0.15) is 0 Å². The van der Waals surface area contributed by atoms with Gasteiger partial charge in [-0.2, -0.15) is 0 Å². The van der Waals surface area contributed by atoms with Crippen molar-refractivity contribution in [3.63, 3.8) is 0 Å². The van der Waals surface area contributed by atoms with E-state index in [0.717, 1.165) is 17.8 Å². The van der Waals surface area contributed by atoms with Gasteiger partial charge in [-0.15, -0.1) is 0 Å². The van der Waals surface area contributed by atoms with Gasteiger partial charge in [-0.3, -0.25) is 0 Å². The maximum atomic E-state index is 2.38. The van der Waals surface area contributed by atoms with Gasteiger partial charge in [0.05, 0.1) is 0 Å². The number of hydrogen-bond donors (Lipinski definition) is 0. The van der Waals surface area contributed by atoms with E-state index in [1.54, 1.807) is 0 Å². The quantitative estimate of drug-likeness (QED) is 0.523. The highest BCUT2D eigenvalue weighted by atomic mass is 14.3. The molecule has 0 nitrogen and oxygen atoms in total. The monoisotopic (exact) mass is 142 g/mol. The first-order chi connectivity index (χ1) is 4.20. The molecule has 0 bridgehead atoms. The van der Waals surface area contributed by atoms with Crippen LogP contribution in [0.5, 0.6) is 0 Å². The fourth-order valence-corrected chi connectivity index (χ4v) is 1.86. The third-order valence-electron chi connectivity index (χ3n) is 2.68. The molecule has 0 aliphatic heterocycles. The van der Waals surface area contributed by atoms with Gasteiger partial charge in [-0.1, -0.05) is 34.6 Å². The average molecular weight is 142 g/mol. The van der Waals surface area contributed by atoms with Gasteiger partial charge in [0, 0.05) is 0 Å². The van der Waals surface area contributed by atoms with Crippen molar-refractivity contribution in [1.82, 2.24) is 0 Å². The highest BCUT2D eigenvalue weighted by molar-refractivity contribution is 4.74. The molecule has 0 spiro atoms. The molecule has 2 unspecified atom stereocenters. The van der Waals surface area contributed by atoms with Crippen molar-refractivity contribution in [2.45, 2.75) is 47.5 Å². The fourth-order valence-electron chi connectivity index (χ4n) is 1.86. The molecule has 1 saturated carbocycles. The van der Waals surface area contributed by atoms with Crippen LogP contribution in [0.1, 0.15) is 47.5 Å². The van der Waals surface area contributed by atoms with E-state index < -0.39 is 0 Å². The van der Waals surface area contributed by atoms with E-state index in [4.69, 9.17) is 0 Å². The van der Waals surface area contributed by atoms with Crippen molar-refractivity contribution < 1.29 is 0 Å². The minimum Gasteiger partial charge on any atom is -0.0776 e. The zero-order chi connectivity index (χ0) is 6.85. The molecule has 10 heavy (non-hydrogen) atoms. The topological polar surface area (TPSA) is 0 Å². The summed E-state index contributed by atoms with van der Waals surface area (Å²) < 4.78 is 0. The Hall–Kier alpha value is 0. The molecule has 0 heteroatoms. The number of hydrogen-bond acceptors (Lipinski definition) is 0. The average Bonchev–Trinajstić information content (AvgIpc) is 2.14. The van der Waals surface area contributed by atoms with E-state index in [2.05, 4.69) is 20.8 Å². The molecule has 0 N–H and O–H groups in total. The van der Waals surface area contributed by atoms with Crippen LogP contribution in [0.3, 0.4) is 0 Å². The molecule has 62 valence electrons. The van der Waals surface area contributed by atoms with E-state index in [0.29, 0.717) is 0 Å². The van der Waals surface area contributed by atoms with Crippen molar-refractivity contribution in [3.8, 4) is 0 Å². The first-order valence-electron chi connectivity index (χ1n) is 4.20. The second-order valence-electron chi connectivity index (χ2n) is 3.92. The highest BCUT2D eigenvalue weighted by Gasteiger charge is 2.23.